The van der Waals surface area contributed by atoms with Gasteiger partial charge in [-0.1, -0.05) is 128 Å². The van der Waals surface area contributed by atoms with Gasteiger partial charge in [-0.2, -0.15) is 0 Å². The van der Waals surface area contributed by atoms with Crippen LogP contribution in [0.4, 0.5) is 0 Å². The van der Waals surface area contributed by atoms with E-state index < -0.39 is 17.7 Å². The number of carbonyl (C=O) groups is 4. The van der Waals surface area contributed by atoms with Crippen LogP contribution in [0.1, 0.15) is 199 Å². The number of aromatic nitrogens is 4. The van der Waals surface area contributed by atoms with Gasteiger partial charge in [0.05, 0.1) is 18.5 Å². The molecule has 0 saturated carbocycles. The van der Waals surface area contributed by atoms with Crippen molar-refractivity contribution in [1.29, 1.82) is 0 Å². The topological polar surface area (TPSA) is 141 Å². The maximum atomic E-state index is 14.4. The molecule has 0 amide bonds. The van der Waals surface area contributed by atoms with Crippen LogP contribution in [0.5, 0.6) is 0 Å². The SMILES string of the molecule is C=Cc1c(C)c2cc3nc(c4c5[n-]c(cc6nc(cc1[n-]2)C(C=O)=C6CC)c(C)c5C(=O)C4C(=O)OC)[C@H](CCC(=O)OC/C=C(/C)CCCC(C)CCCC(C)CCCC(C)C)[C@H]3C.[Mg+2]. The summed E-state index contributed by atoms with van der Waals surface area (Å²) in [5.74, 6) is -0.983. The van der Waals surface area contributed by atoms with E-state index in [4.69, 9.17) is 29.4 Å². The Morgan fingerprint density at radius 3 is 2.17 bits per heavy atom. The largest absolute Gasteiger partial charge is 2.00 e. The van der Waals surface area contributed by atoms with E-state index in [-0.39, 0.29) is 53.9 Å². The van der Waals surface area contributed by atoms with Crippen molar-refractivity contribution in [3.63, 3.8) is 0 Å². The van der Waals surface area contributed by atoms with Crippen LogP contribution in [-0.4, -0.2) is 70.7 Å². The number of carbonyl (C=O) groups excluding carboxylic acids is 4. The summed E-state index contributed by atoms with van der Waals surface area (Å²) in [5, 5.41) is 0. The Labute approximate surface area is 408 Å². The summed E-state index contributed by atoms with van der Waals surface area (Å²) in [7, 11) is 1.27. The Bertz CT molecular complexity index is 2540. The van der Waals surface area contributed by atoms with E-state index in [0.717, 1.165) is 47.7 Å². The second-order valence-corrected chi connectivity index (χ2v) is 19.3. The van der Waals surface area contributed by atoms with Crippen molar-refractivity contribution in [3.8, 4) is 0 Å². The second kappa shape index (κ2) is 23.4. The van der Waals surface area contributed by atoms with Crippen LogP contribution in [0.25, 0.3) is 39.3 Å². The minimum atomic E-state index is -1.27. The minimum Gasteiger partial charge on any atom is -0.657 e. The zero-order valence-corrected chi connectivity index (χ0v) is 42.7. The van der Waals surface area contributed by atoms with Gasteiger partial charge in [0.1, 0.15) is 12.5 Å². The third-order valence-electron chi connectivity index (χ3n) is 14.1. The number of hydrogen-bond acceptors (Lipinski definition) is 8. The summed E-state index contributed by atoms with van der Waals surface area (Å²) >= 11 is 0. The number of methoxy groups -OCH3 is 1. The summed E-state index contributed by atoms with van der Waals surface area (Å²) in [5.41, 5.74) is 9.91. The van der Waals surface area contributed by atoms with Gasteiger partial charge in [0.25, 0.3) is 0 Å². The van der Waals surface area contributed by atoms with Crippen LogP contribution in [0.15, 0.2) is 36.4 Å². The van der Waals surface area contributed by atoms with Gasteiger partial charge in [0.2, 0.25) is 0 Å². The number of ketones is 1. The second-order valence-electron chi connectivity index (χ2n) is 19.3. The van der Waals surface area contributed by atoms with E-state index >= 15 is 0 Å². The van der Waals surface area contributed by atoms with Crippen LogP contribution < -0.4 is 9.97 Å². The van der Waals surface area contributed by atoms with Crippen molar-refractivity contribution in [2.45, 2.75) is 157 Å². The van der Waals surface area contributed by atoms with E-state index in [9.17, 15) is 19.2 Å². The first-order valence-electron chi connectivity index (χ1n) is 24.0. The standard InChI is InChI=1S/C55H71N4O6.Mg/c1-12-38-35(8)42-27-43-36(9)40(23-24-48(61)65-26-25-34(7)22-16-21-33(6)20-15-19-32(5)18-14-17-31(3)4)52(58-43)50-51(55(63)64-11)54(62)49-37(10)44(59-53(49)50)28-46-39(13-2)41(30-60)47(57-46)29-45(38)56-42;/h12,25,27-33,36,40,51H,1,13-24,26H2,2-11H3,(H-,56,57,58,59,60,62);/q-1;+2/p-1/b34-25-;/t32?,33?,36-,40-,51?;/m1./s1. The molecule has 0 radical (unpaired) electrons. The van der Waals surface area contributed by atoms with Crippen molar-refractivity contribution < 1.29 is 28.7 Å². The molecule has 2 aliphatic heterocycles. The minimum absolute atomic E-state index is 0. The normalized spacial score (nSPS) is 17.8. The predicted molar refractivity (Wildman–Crippen MR) is 266 cm³/mol. The molecule has 0 N–H and O–H groups in total. The molecular formula is C55H70MgN4O6. The first kappa shape index (κ1) is 52.4. The van der Waals surface area contributed by atoms with E-state index in [1.165, 1.54) is 57.6 Å². The molecule has 66 heavy (non-hydrogen) atoms. The number of aryl methyl sites for hydroxylation is 2. The smallest absolute Gasteiger partial charge is 0.657 e. The molecule has 3 aliphatic rings. The quantitative estimate of drug-likeness (QED) is 0.0333. The Balaban J connectivity index is 0.00000817. The van der Waals surface area contributed by atoms with E-state index in [1.54, 1.807) is 12.1 Å². The van der Waals surface area contributed by atoms with Crippen LogP contribution in [-0.2, 0) is 23.9 Å². The molecule has 0 fully saturated rings. The van der Waals surface area contributed by atoms with E-state index in [1.807, 2.05) is 45.9 Å². The molecule has 3 aromatic heterocycles. The molecule has 0 spiro atoms. The molecule has 3 aromatic rings. The number of allylic oxidation sites excluding steroid dienone is 3. The van der Waals surface area contributed by atoms with Gasteiger partial charge in [0.15, 0.2) is 12.1 Å². The Morgan fingerprint density at radius 2 is 1.53 bits per heavy atom. The number of ether oxygens (including phenoxy) is 2. The fraction of sp³-hybridized carbons (Fsp3) is 0.527. The first-order valence-corrected chi connectivity index (χ1v) is 24.0. The molecule has 0 saturated heterocycles. The third-order valence-corrected chi connectivity index (χ3v) is 14.1. The van der Waals surface area contributed by atoms with Gasteiger partial charge in [0, 0.05) is 40.8 Å². The van der Waals surface area contributed by atoms with Gasteiger partial charge >= 0.3 is 35.0 Å². The molecule has 10 nitrogen and oxygen atoms in total. The van der Waals surface area contributed by atoms with Crippen molar-refractivity contribution in [2.75, 3.05) is 13.7 Å². The molecule has 6 rings (SSSR count). The van der Waals surface area contributed by atoms with E-state index in [0.29, 0.717) is 85.9 Å². The molecule has 8 bridgehead atoms. The van der Waals surface area contributed by atoms with Crippen molar-refractivity contribution >= 4 is 86.3 Å². The summed E-state index contributed by atoms with van der Waals surface area (Å²) in [6, 6.07) is 5.55. The summed E-state index contributed by atoms with van der Waals surface area (Å²) < 4.78 is 11.0. The van der Waals surface area contributed by atoms with Crippen LogP contribution in [0, 0.1) is 31.6 Å². The molecule has 0 aromatic carbocycles. The molecule has 5 atom stereocenters. The Kier molecular flexibility index (Phi) is 18.6. The fourth-order valence-corrected chi connectivity index (χ4v) is 10.0. The summed E-state index contributed by atoms with van der Waals surface area (Å²) in [4.78, 5) is 74.1. The number of rotatable bonds is 21. The van der Waals surface area contributed by atoms with Crippen molar-refractivity contribution in [2.24, 2.45) is 17.8 Å². The molecule has 348 valence electrons. The number of Topliss-reactive ketones (excluding diaryl/α,β-unsaturated/α-hetero) is 1. The van der Waals surface area contributed by atoms with Gasteiger partial charge < -0.3 is 19.4 Å². The number of hydrogen-bond donors (Lipinski definition) is 0. The zero-order chi connectivity index (χ0) is 47.1. The van der Waals surface area contributed by atoms with Crippen molar-refractivity contribution in [3.05, 3.63) is 87.0 Å². The first-order chi connectivity index (χ1) is 31.1. The molecule has 5 heterocycles. The summed E-state index contributed by atoms with van der Waals surface area (Å²) in [6.45, 7) is 23.5. The zero-order valence-electron chi connectivity index (χ0n) is 41.3. The molecule has 1 aliphatic carbocycles. The summed E-state index contributed by atoms with van der Waals surface area (Å²) in [6.07, 6.45) is 16.8. The van der Waals surface area contributed by atoms with Gasteiger partial charge in [-0.05, 0) is 93.1 Å². The molecular weight excluding hydrogens is 837 g/mol. The molecule has 3 unspecified atom stereocenters. The van der Waals surface area contributed by atoms with Crippen LogP contribution in [0.2, 0.25) is 0 Å². The average molecular weight is 907 g/mol. The van der Waals surface area contributed by atoms with Gasteiger partial charge in [-0.3, -0.25) is 24.2 Å². The Hall–Kier alpha value is -4.61. The Morgan fingerprint density at radius 1 is 0.879 bits per heavy atom. The monoisotopic (exact) mass is 907 g/mol. The number of esters is 2. The van der Waals surface area contributed by atoms with E-state index in [2.05, 4.69) is 41.2 Å². The number of fused-ring (bicyclic) bond motifs is 8. The van der Waals surface area contributed by atoms with Gasteiger partial charge in [-0.25, -0.2) is 4.98 Å². The van der Waals surface area contributed by atoms with Crippen LogP contribution in [0.3, 0.4) is 0 Å². The third kappa shape index (κ3) is 11.6. The molecule has 11 heteroatoms. The maximum Gasteiger partial charge on any atom is 2.00 e. The van der Waals surface area contributed by atoms with Crippen molar-refractivity contribution in [1.82, 2.24) is 19.9 Å². The number of nitrogens with zero attached hydrogens (tertiary/aromatic N) is 4. The number of aldehydes is 1. The van der Waals surface area contributed by atoms with Gasteiger partial charge in [-0.15, -0.1) is 22.1 Å². The maximum absolute atomic E-state index is 14.4. The average Bonchev–Trinajstić information content (AvgIpc) is 4.02. The fourth-order valence-electron chi connectivity index (χ4n) is 10.0. The predicted octanol–water partition coefficient (Wildman–Crippen LogP) is 12.0. The van der Waals surface area contributed by atoms with Crippen LogP contribution >= 0.6 is 0 Å².